The molecule has 2 nitrogen and oxygen atoms in total. The molecular formula is C32H23BN2. The fourth-order valence-electron chi connectivity index (χ4n) is 6.92. The highest BCUT2D eigenvalue weighted by molar-refractivity contribution is 6.97. The van der Waals surface area contributed by atoms with Gasteiger partial charge in [-0.15, -0.1) is 0 Å². The molecule has 0 N–H and O–H groups in total. The molecule has 0 saturated carbocycles. The summed E-state index contributed by atoms with van der Waals surface area (Å²) in [7, 11) is 0. The lowest BCUT2D eigenvalue weighted by Crippen LogP contribution is -2.61. The van der Waals surface area contributed by atoms with E-state index in [0.717, 1.165) is 19.3 Å². The molecule has 0 fully saturated rings. The minimum atomic E-state index is 0.230. The molecule has 4 heterocycles. The van der Waals surface area contributed by atoms with Crippen LogP contribution in [0.15, 0.2) is 85.5 Å². The number of benzene rings is 3. The summed E-state index contributed by atoms with van der Waals surface area (Å²) in [5.41, 5.74) is 19.7. The molecule has 0 amide bonds. The van der Waals surface area contributed by atoms with Crippen molar-refractivity contribution >= 4 is 23.1 Å². The minimum absolute atomic E-state index is 0.230. The van der Waals surface area contributed by atoms with Crippen LogP contribution < -0.4 is 16.4 Å². The Morgan fingerprint density at radius 2 is 1.23 bits per heavy atom. The van der Waals surface area contributed by atoms with Gasteiger partial charge < -0.3 is 0 Å². The van der Waals surface area contributed by atoms with Gasteiger partial charge in [-0.2, -0.15) is 0 Å². The predicted molar refractivity (Wildman–Crippen MR) is 144 cm³/mol. The van der Waals surface area contributed by atoms with Crippen LogP contribution in [0.3, 0.4) is 0 Å². The second-order valence-corrected chi connectivity index (χ2v) is 10.3. The molecular weight excluding hydrogens is 423 g/mol. The van der Waals surface area contributed by atoms with Gasteiger partial charge in [0.1, 0.15) is 0 Å². The monoisotopic (exact) mass is 446 g/mol. The fourth-order valence-corrected chi connectivity index (χ4v) is 6.92. The Hall–Kier alpha value is -3.98. The largest absolute Gasteiger partial charge is 0.265 e. The lowest BCUT2D eigenvalue weighted by Gasteiger charge is -2.34. The van der Waals surface area contributed by atoms with Crippen LogP contribution in [0.1, 0.15) is 38.9 Å². The van der Waals surface area contributed by atoms with Crippen molar-refractivity contribution in [1.82, 2.24) is 9.97 Å². The number of nitrogens with zero attached hydrogens (tertiary/aromatic N) is 2. The van der Waals surface area contributed by atoms with Gasteiger partial charge in [0.15, 0.2) is 0 Å². The van der Waals surface area contributed by atoms with Crippen molar-refractivity contribution in [2.75, 3.05) is 0 Å². The van der Waals surface area contributed by atoms with Crippen LogP contribution in [0.2, 0.25) is 0 Å². The van der Waals surface area contributed by atoms with Crippen molar-refractivity contribution in [3.63, 3.8) is 0 Å². The summed E-state index contributed by atoms with van der Waals surface area (Å²) < 4.78 is 0. The van der Waals surface area contributed by atoms with Crippen molar-refractivity contribution in [1.29, 1.82) is 0 Å². The number of fused-ring (bicyclic) bond motifs is 7. The first-order chi connectivity index (χ1) is 17.3. The standard InChI is InChI=1S/C32H23BN2/c1-19-4-2-5-22-14-23-6-3-7-27(31(23)30(19)22)24-15-25-12-20-8-10-34-17-28(20)33-29-18-35-11-9-21(29)13-26(16-24)32(25)33/h2-11,15-18H,12-14H2,1H3. The van der Waals surface area contributed by atoms with Gasteiger partial charge in [-0.1, -0.05) is 54.0 Å². The molecule has 0 radical (unpaired) electrons. The normalized spacial score (nSPS) is 14.0. The van der Waals surface area contributed by atoms with E-state index in [0.29, 0.717) is 0 Å². The number of rotatable bonds is 1. The molecule has 1 aliphatic carbocycles. The Morgan fingerprint density at radius 1 is 0.629 bits per heavy atom. The van der Waals surface area contributed by atoms with Gasteiger partial charge in [0.25, 0.3) is 0 Å². The van der Waals surface area contributed by atoms with Crippen molar-refractivity contribution in [3.8, 4) is 22.3 Å². The molecule has 164 valence electrons. The lowest BCUT2D eigenvalue weighted by molar-refractivity contribution is 1.13. The average molecular weight is 446 g/mol. The van der Waals surface area contributed by atoms with Crippen molar-refractivity contribution in [3.05, 3.63) is 124 Å². The third-order valence-corrected chi connectivity index (χ3v) is 8.37. The summed E-state index contributed by atoms with van der Waals surface area (Å²) >= 11 is 0. The Labute approximate surface area is 205 Å². The highest BCUT2D eigenvalue weighted by atomic mass is 14.6. The van der Waals surface area contributed by atoms with E-state index in [1.54, 1.807) is 0 Å². The van der Waals surface area contributed by atoms with Crippen molar-refractivity contribution < 1.29 is 0 Å². The number of hydrogen-bond donors (Lipinski definition) is 0. The van der Waals surface area contributed by atoms with Gasteiger partial charge in [-0.25, -0.2) is 0 Å². The molecule has 3 aromatic carbocycles. The topological polar surface area (TPSA) is 25.8 Å². The summed E-state index contributed by atoms with van der Waals surface area (Å²) in [6, 6.07) is 23.0. The molecule has 2 aliphatic heterocycles. The highest BCUT2D eigenvalue weighted by Crippen LogP contribution is 2.45. The molecule has 0 bridgehead atoms. The second kappa shape index (κ2) is 7.02. The molecule has 2 aromatic heterocycles. The predicted octanol–water partition coefficient (Wildman–Crippen LogP) is 4.35. The quantitative estimate of drug-likeness (QED) is 0.351. The Bertz CT molecular complexity index is 1630. The van der Waals surface area contributed by atoms with E-state index in [1.165, 1.54) is 77.6 Å². The molecule has 0 saturated heterocycles. The van der Waals surface area contributed by atoms with Crippen molar-refractivity contribution in [2.24, 2.45) is 0 Å². The molecule has 0 unspecified atom stereocenters. The average Bonchev–Trinajstić information content (AvgIpc) is 3.28. The first-order valence-electron chi connectivity index (χ1n) is 12.5. The maximum absolute atomic E-state index is 4.51. The van der Waals surface area contributed by atoms with Crippen LogP contribution in [-0.2, 0) is 19.3 Å². The van der Waals surface area contributed by atoms with Crippen molar-refractivity contribution in [2.45, 2.75) is 26.2 Å². The molecule has 5 aromatic rings. The third kappa shape index (κ3) is 2.67. The second-order valence-electron chi connectivity index (χ2n) is 10.3. The van der Waals surface area contributed by atoms with Crippen LogP contribution in [0.4, 0.5) is 0 Å². The Balaban J connectivity index is 1.39. The third-order valence-electron chi connectivity index (χ3n) is 8.37. The summed E-state index contributed by atoms with van der Waals surface area (Å²) in [4.78, 5) is 9.02. The molecule has 0 spiro atoms. The molecule has 3 aliphatic rings. The zero-order chi connectivity index (χ0) is 23.1. The first kappa shape index (κ1) is 19.3. The molecule has 8 rings (SSSR count). The van der Waals surface area contributed by atoms with Gasteiger partial charge in [0, 0.05) is 24.8 Å². The number of hydrogen-bond acceptors (Lipinski definition) is 2. The van der Waals surface area contributed by atoms with Crippen LogP contribution in [0.5, 0.6) is 0 Å². The lowest BCUT2D eigenvalue weighted by atomic mass is 9.31. The maximum Gasteiger partial charge on any atom is 0.246 e. The summed E-state index contributed by atoms with van der Waals surface area (Å²) in [5, 5.41) is 0. The van der Waals surface area contributed by atoms with E-state index in [2.05, 4.69) is 89.9 Å². The van der Waals surface area contributed by atoms with E-state index in [4.69, 9.17) is 0 Å². The van der Waals surface area contributed by atoms with Gasteiger partial charge in [0.05, 0.1) is 0 Å². The zero-order valence-electron chi connectivity index (χ0n) is 19.7. The van der Waals surface area contributed by atoms with E-state index >= 15 is 0 Å². The number of aromatic nitrogens is 2. The number of pyridine rings is 2. The smallest absolute Gasteiger partial charge is 0.246 e. The SMILES string of the molecule is Cc1cccc2c1-c1c(cccc1-c1cc3c4c(c1)Cc1ccncc1B4c1cnccc1C3)C2. The highest BCUT2D eigenvalue weighted by Gasteiger charge is 2.37. The van der Waals surface area contributed by atoms with Gasteiger partial charge >= 0.3 is 0 Å². The van der Waals surface area contributed by atoms with Gasteiger partial charge in [-0.3, -0.25) is 9.97 Å². The summed E-state index contributed by atoms with van der Waals surface area (Å²) in [6.45, 7) is 2.48. The number of aryl methyl sites for hydroxylation is 1. The zero-order valence-corrected chi connectivity index (χ0v) is 19.7. The Kier molecular flexibility index (Phi) is 3.88. The van der Waals surface area contributed by atoms with E-state index in [1.807, 2.05) is 12.4 Å². The van der Waals surface area contributed by atoms with Crippen LogP contribution in [-0.4, -0.2) is 16.7 Å². The van der Waals surface area contributed by atoms with Gasteiger partial charge in [0.2, 0.25) is 6.71 Å². The first-order valence-corrected chi connectivity index (χ1v) is 12.5. The minimum Gasteiger partial charge on any atom is -0.265 e. The van der Waals surface area contributed by atoms with E-state index in [-0.39, 0.29) is 6.71 Å². The van der Waals surface area contributed by atoms with E-state index in [9.17, 15) is 0 Å². The summed E-state index contributed by atoms with van der Waals surface area (Å²) in [6.07, 6.45) is 11.0. The molecule has 0 atom stereocenters. The van der Waals surface area contributed by atoms with Crippen LogP contribution in [0, 0.1) is 6.92 Å². The van der Waals surface area contributed by atoms with Crippen LogP contribution in [0.25, 0.3) is 22.3 Å². The molecule has 35 heavy (non-hydrogen) atoms. The molecule has 3 heteroatoms. The fraction of sp³-hybridized carbons (Fsp3) is 0.125. The van der Waals surface area contributed by atoms with Crippen LogP contribution >= 0.6 is 0 Å². The van der Waals surface area contributed by atoms with E-state index < -0.39 is 0 Å². The van der Waals surface area contributed by atoms with Gasteiger partial charge in [-0.05, 0) is 110 Å². The maximum atomic E-state index is 4.51. The summed E-state index contributed by atoms with van der Waals surface area (Å²) in [5.74, 6) is 0. The Morgan fingerprint density at radius 3 is 1.91 bits per heavy atom.